The number of ether oxygens (including phenoxy) is 3. The van der Waals surface area contributed by atoms with E-state index in [2.05, 4.69) is 6.92 Å². The standard InChI is InChI=1S/C13H28O4/c1-5-6-7-16-12(3)9-15-10-13(4)17-8-11(2)14/h11-14H,5-10H2,1-4H3/t11-,12-,13-/m0/s1. The average molecular weight is 248 g/mol. The van der Waals surface area contributed by atoms with E-state index in [1.54, 1.807) is 6.92 Å². The molecule has 0 bridgehead atoms. The van der Waals surface area contributed by atoms with Gasteiger partial charge in [-0.25, -0.2) is 0 Å². The first-order valence-corrected chi connectivity index (χ1v) is 6.55. The van der Waals surface area contributed by atoms with Gasteiger partial charge in [0.15, 0.2) is 0 Å². The predicted molar refractivity (Wildman–Crippen MR) is 68.2 cm³/mol. The first-order valence-electron chi connectivity index (χ1n) is 6.55. The zero-order chi connectivity index (χ0) is 13.1. The van der Waals surface area contributed by atoms with E-state index < -0.39 is 6.10 Å². The topological polar surface area (TPSA) is 47.9 Å². The van der Waals surface area contributed by atoms with Gasteiger partial charge >= 0.3 is 0 Å². The van der Waals surface area contributed by atoms with Crippen LogP contribution in [-0.4, -0.2) is 49.8 Å². The van der Waals surface area contributed by atoms with E-state index in [0.717, 1.165) is 19.4 Å². The van der Waals surface area contributed by atoms with Crippen LogP contribution in [0.2, 0.25) is 0 Å². The smallest absolute Gasteiger partial charge is 0.0781 e. The lowest BCUT2D eigenvalue weighted by Gasteiger charge is -2.17. The zero-order valence-corrected chi connectivity index (χ0v) is 11.6. The highest BCUT2D eigenvalue weighted by Gasteiger charge is 2.07. The molecule has 0 aliphatic rings. The summed E-state index contributed by atoms with van der Waals surface area (Å²) in [5.74, 6) is 0. The van der Waals surface area contributed by atoms with Gasteiger partial charge in [-0.05, 0) is 27.2 Å². The van der Waals surface area contributed by atoms with Crippen molar-refractivity contribution in [3.05, 3.63) is 0 Å². The Balaban J connectivity index is 3.35. The summed E-state index contributed by atoms with van der Waals surface area (Å²) in [4.78, 5) is 0. The number of unbranched alkanes of at least 4 members (excludes halogenated alkanes) is 1. The van der Waals surface area contributed by atoms with E-state index in [4.69, 9.17) is 19.3 Å². The van der Waals surface area contributed by atoms with E-state index in [1.165, 1.54) is 0 Å². The third-order valence-corrected chi connectivity index (χ3v) is 2.23. The summed E-state index contributed by atoms with van der Waals surface area (Å²) in [5, 5.41) is 9.05. The molecular formula is C13H28O4. The summed E-state index contributed by atoms with van der Waals surface area (Å²) in [5.41, 5.74) is 0. The van der Waals surface area contributed by atoms with Crippen LogP contribution >= 0.6 is 0 Å². The molecule has 0 radical (unpaired) electrons. The van der Waals surface area contributed by atoms with Gasteiger partial charge in [0.05, 0.1) is 38.1 Å². The molecule has 4 nitrogen and oxygen atoms in total. The summed E-state index contributed by atoms with van der Waals surface area (Å²) in [6, 6.07) is 0. The van der Waals surface area contributed by atoms with Gasteiger partial charge in [-0.3, -0.25) is 0 Å². The van der Waals surface area contributed by atoms with Crippen molar-refractivity contribution in [2.45, 2.75) is 58.8 Å². The van der Waals surface area contributed by atoms with Crippen LogP contribution in [0.3, 0.4) is 0 Å². The maximum Gasteiger partial charge on any atom is 0.0781 e. The predicted octanol–water partition coefficient (Wildman–Crippen LogP) is 1.99. The molecule has 1 N–H and O–H groups in total. The second-order valence-corrected chi connectivity index (χ2v) is 4.57. The molecule has 0 spiro atoms. The van der Waals surface area contributed by atoms with Crippen molar-refractivity contribution >= 4 is 0 Å². The molecule has 3 atom stereocenters. The molecule has 17 heavy (non-hydrogen) atoms. The van der Waals surface area contributed by atoms with Gasteiger partial charge in [0, 0.05) is 6.61 Å². The van der Waals surface area contributed by atoms with Crippen LogP contribution in [0.15, 0.2) is 0 Å². The largest absolute Gasteiger partial charge is 0.391 e. The fourth-order valence-electron chi connectivity index (χ4n) is 1.23. The maximum absolute atomic E-state index is 9.05. The van der Waals surface area contributed by atoms with Gasteiger partial charge in [0.25, 0.3) is 0 Å². The molecule has 0 aromatic heterocycles. The Morgan fingerprint density at radius 1 is 0.941 bits per heavy atom. The molecule has 0 saturated carbocycles. The van der Waals surface area contributed by atoms with Gasteiger partial charge in [-0.2, -0.15) is 0 Å². The van der Waals surface area contributed by atoms with Gasteiger partial charge in [-0.1, -0.05) is 13.3 Å². The first kappa shape index (κ1) is 16.8. The normalized spacial score (nSPS) is 16.8. The Labute approximate surface area is 105 Å². The molecule has 0 aliphatic heterocycles. The van der Waals surface area contributed by atoms with Crippen LogP contribution in [0, 0.1) is 0 Å². The molecule has 0 rings (SSSR count). The minimum absolute atomic E-state index is 0.00689. The molecule has 104 valence electrons. The van der Waals surface area contributed by atoms with Gasteiger partial charge in [0.1, 0.15) is 0 Å². The molecule has 0 unspecified atom stereocenters. The monoisotopic (exact) mass is 248 g/mol. The highest BCUT2D eigenvalue weighted by molar-refractivity contribution is 4.53. The van der Waals surface area contributed by atoms with E-state index in [0.29, 0.717) is 19.8 Å². The summed E-state index contributed by atoms with van der Waals surface area (Å²) >= 11 is 0. The molecule has 0 amide bonds. The van der Waals surface area contributed by atoms with Crippen molar-refractivity contribution in [2.75, 3.05) is 26.4 Å². The van der Waals surface area contributed by atoms with Crippen LogP contribution < -0.4 is 0 Å². The Kier molecular flexibility index (Phi) is 10.9. The Hall–Kier alpha value is -0.160. The molecule has 4 heteroatoms. The Bertz CT molecular complexity index is 161. The number of hydrogen-bond acceptors (Lipinski definition) is 4. The summed E-state index contributed by atoms with van der Waals surface area (Å²) in [6.07, 6.45) is 1.96. The highest BCUT2D eigenvalue weighted by Crippen LogP contribution is 1.99. The van der Waals surface area contributed by atoms with Crippen LogP contribution in [0.4, 0.5) is 0 Å². The molecular weight excluding hydrogens is 220 g/mol. The van der Waals surface area contributed by atoms with Gasteiger partial charge in [-0.15, -0.1) is 0 Å². The minimum Gasteiger partial charge on any atom is -0.391 e. The van der Waals surface area contributed by atoms with Crippen molar-refractivity contribution in [1.29, 1.82) is 0 Å². The number of aliphatic hydroxyl groups excluding tert-OH is 1. The van der Waals surface area contributed by atoms with E-state index in [9.17, 15) is 0 Å². The molecule has 0 heterocycles. The maximum atomic E-state index is 9.05. The third-order valence-electron chi connectivity index (χ3n) is 2.23. The van der Waals surface area contributed by atoms with Crippen LogP contribution in [0.25, 0.3) is 0 Å². The van der Waals surface area contributed by atoms with Crippen molar-refractivity contribution in [2.24, 2.45) is 0 Å². The lowest BCUT2D eigenvalue weighted by molar-refractivity contribution is -0.0607. The summed E-state index contributed by atoms with van der Waals surface area (Å²) in [6.45, 7) is 10.1. The fraction of sp³-hybridized carbons (Fsp3) is 1.00. The number of hydrogen-bond donors (Lipinski definition) is 1. The summed E-state index contributed by atoms with van der Waals surface area (Å²) in [7, 11) is 0. The van der Waals surface area contributed by atoms with E-state index in [-0.39, 0.29) is 12.2 Å². The minimum atomic E-state index is -0.422. The molecule has 0 fully saturated rings. The summed E-state index contributed by atoms with van der Waals surface area (Å²) < 4.78 is 16.4. The number of aliphatic hydroxyl groups is 1. The van der Waals surface area contributed by atoms with Crippen molar-refractivity contribution in [3.8, 4) is 0 Å². The van der Waals surface area contributed by atoms with Crippen molar-refractivity contribution in [1.82, 2.24) is 0 Å². The molecule has 0 aromatic rings. The van der Waals surface area contributed by atoms with Crippen molar-refractivity contribution in [3.63, 3.8) is 0 Å². The Morgan fingerprint density at radius 3 is 2.06 bits per heavy atom. The van der Waals surface area contributed by atoms with E-state index in [1.807, 2.05) is 13.8 Å². The quantitative estimate of drug-likeness (QED) is 0.568. The van der Waals surface area contributed by atoms with Crippen molar-refractivity contribution < 1.29 is 19.3 Å². The fourth-order valence-corrected chi connectivity index (χ4v) is 1.23. The molecule has 0 saturated heterocycles. The SMILES string of the molecule is CCCCO[C@@H](C)COC[C@H](C)OC[C@H](C)O. The second kappa shape index (κ2) is 11.0. The lowest BCUT2D eigenvalue weighted by atomic mass is 10.3. The van der Waals surface area contributed by atoms with Crippen LogP contribution in [-0.2, 0) is 14.2 Å². The first-order chi connectivity index (χ1) is 8.06. The molecule has 0 aliphatic carbocycles. The second-order valence-electron chi connectivity index (χ2n) is 4.57. The molecule has 0 aromatic carbocycles. The number of rotatable bonds is 11. The zero-order valence-electron chi connectivity index (χ0n) is 11.6. The lowest BCUT2D eigenvalue weighted by Crippen LogP contribution is -2.24. The highest BCUT2D eigenvalue weighted by atomic mass is 16.6. The average Bonchev–Trinajstić information content (AvgIpc) is 2.27. The Morgan fingerprint density at radius 2 is 1.53 bits per heavy atom. The van der Waals surface area contributed by atoms with Gasteiger partial charge in [0.2, 0.25) is 0 Å². The van der Waals surface area contributed by atoms with Crippen LogP contribution in [0.1, 0.15) is 40.5 Å². The van der Waals surface area contributed by atoms with Crippen LogP contribution in [0.5, 0.6) is 0 Å². The third kappa shape index (κ3) is 12.1. The van der Waals surface area contributed by atoms with Gasteiger partial charge < -0.3 is 19.3 Å². The van der Waals surface area contributed by atoms with E-state index >= 15 is 0 Å².